The molecule has 1 N–H and O–H groups in total. The second-order valence-corrected chi connectivity index (χ2v) is 11.0. The Kier molecular flexibility index (Phi) is 17.7. The van der Waals surface area contributed by atoms with Gasteiger partial charge in [-0.25, -0.2) is 4.79 Å². The molecule has 3 aromatic carbocycles. The molecule has 1 aliphatic carbocycles. The Bertz CT molecular complexity index is 1470. The number of para-hydroxylation sites is 1. The Labute approximate surface area is 293 Å². The van der Waals surface area contributed by atoms with Gasteiger partial charge in [-0.2, -0.15) is 17.6 Å². The Balaban J connectivity index is 0.00000201. The molecule has 1 fully saturated rings. The molecule has 10 heteroatoms. The summed E-state index contributed by atoms with van der Waals surface area (Å²) >= 11 is 6.03. The molecule has 1 saturated carbocycles. The first-order chi connectivity index (χ1) is 23.7. The fourth-order valence-electron chi connectivity index (χ4n) is 5.66. The number of anilines is 1. The fourth-order valence-corrected chi connectivity index (χ4v) is 5.75. The second kappa shape index (κ2) is 21.1. The van der Waals surface area contributed by atoms with Crippen molar-refractivity contribution in [3.05, 3.63) is 121 Å². The van der Waals surface area contributed by atoms with Crippen molar-refractivity contribution in [2.24, 2.45) is 4.99 Å². The predicted molar refractivity (Wildman–Crippen MR) is 194 cm³/mol. The van der Waals surface area contributed by atoms with E-state index in [-0.39, 0.29) is 23.9 Å². The molecule has 0 spiro atoms. The molecular formula is C39H48ClF4N3O2. The number of rotatable bonds is 13. The highest BCUT2D eigenvalue weighted by atomic mass is 35.5. The first kappa shape index (κ1) is 41.1. The Morgan fingerprint density at radius 3 is 2.16 bits per heavy atom. The third-order valence-corrected chi connectivity index (χ3v) is 7.87. The van der Waals surface area contributed by atoms with Crippen molar-refractivity contribution in [1.82, 2.24) is 5.32 Å². The van der Waals surface area contributed by atoms with Gasteiger partial charge in [0.1, 0.15) is 11.3 Å². The molecule has 2 amide bonds. The van der Waals surface area contributed by atoms with Gasteiger partial charge in [-0.15, -0.1) is 11.6 Å². The minimum absolute atomic E-state index is 0.0897. The van der Waals surface area contributed by atoms with Gasteiger partial charge in [0.2, 0.25) is 0 Å². The Morgan fingerprint density at radius 1 is 0.980 bits per heavy atom. The topological polar surface area (TPSA) is 53.9 Å². The zero-order valence-electron chi connectivity index (χ0n) is 28.7. The van der Waals surface area contributed by atoms with Crippen LogP contribution in [0.15, 0.2) is 115 Å². The molecule has 4 rings (SSSR count). The van der Waals surface area contributed by atoms with Crippen LogP contribution in [-0.4, -0.2) is 36.2 Å². The molecule has 266 valence electrons. The van der Waals surface area contributed by atoms with E-state index < -0.39 is 29.9 Å². The maximum Gasteiger partial charge on any atom is 0.461 e. The molecule has 1 aliphatic rings. The van der Waals surface area contributed by atoms with Crippen molar-refractivity contribution < 1.29 is 27.1 Å². The monoisotopic (exact) mass is 701 g/mol. The van der Waals surface area contributed by atoms with E-state index in [9.17, 15) is 22.4 Å². The van der Waals surface area contributed by atoms with Crippen molar-refractivity contribution in [1.29, 1.82) is 0 Å². The number of nitrogens with zero attached hydrogens (tertiary/aromatic N) is 2. The number of nitrogens with one attached hydrogen (secondary N) is 1. The molecule has 49 heavy (non-hydrogen) atoms. The molecule has 0 saturated heterocycles. The second-order valence-electron chi connectivity index (χ2n) is 10.7. The molecule has 0 aromatic heterocycles. The van der Waals surface area contributed by atoms with E-state index in [0.29, 0.717) is 11.4 Å². The van der Waals surface area contributed by atoms with E-state index >= 15 is 0 Å². The summed E-state index contributed by atoms with van der Waals surface area (Å²) in [5.41, 5.74) is 0.532. The average Bonchev–Trinajstić information content (AvgIpc) is 3.13. The van der Waals surface area contributed by atoms with Gasteiger partial charge in [0, 0.05) is 30.2 Å². The van der Waals surface area contributed by atoms with Gasteiger partial charge in [-0.3, -0.25) is 9.89 Å². The number of carbonyl (C=O) groups is 1. The van der Waals surface area contributed by atoms with Crippen LogP contribution in [0, 0.1) is 0 Å². The van der Waals surface area contributed by atoms with Gasteiger partial charge in [0.15, 0.2) is 0 Å². The number of urea groups is 1. The summed E-state index contributed by atoms with van der Waals surface area (Å²) in [5, 5.41) is 3.22. The van der Waals surface area contributed by atoms with E-state index in [1.54, 1.807) is 23.1 Å². The van der Waals surface area contributed by atoms with Crippen LogP contribution in [-0.2, 0) is 12.0 Å². The number of hydrogen-bond acceptors (Lipinski definition) is 3. The number of benzene rings is 3. The van der Waals surface area contributed by atoms with Crippen LogP contribution in [0.3, 0.4) is 0 Å². The molecule has 5 nitrogen and oxygen atoms in total. The fraction of sp³-hybridized carbons (Fsp3) is 0.385. The lowest BCUT2D eigenvalue weighted by Crippen LogP contribution is -2.58. The number of halogens is 5. The first-order valence-corrected chi connectivity index (χ1v) is 17.3. The van der Waals surface area contributed by atoms with Gasteiger partial charge >= 0.3 is 18.6 Å². The van der Waals surface area contributed by atoms with Crippen molar-refractivity contribution in [3.8, 4) is 5.75 Å². The highest BCUT2D eigenvalue weighted by Crippen LogP contribution is 2.36. The number of ether oxygens (including phenoxy) is 1. The lowest BCUT2D eigenvalue weighted by Gasteiger charge is -2.41. The van der Waals surface area contributed by atoms with Crippen molar-refractivity contribution in [2.75, 3.05) is 10.8 Å². The van der Waals surface area contributed by atoms with Crippen LogP contribution in [0.2, 0.25) is 0 Å². The van der Waals surface area contributed by atoms with Crippen LogP contribution >= 0.6 is 11.6 Å². The van der Waals surface area contributed by atoms with Gasteiger partial charge in [-0.05, 0) is 54.3 Å². The third kappa shape index (κ3) is 11.5. The Morgan fingerprint density at radius 2 is 1.59 bits per heavy atom. The molecule has 0 radical (unpaired) electrons. The molecule has 0 heterocycles. The highest BCUT2D eigenvalue weighted by Gasteiger charge is 2.45. The molecule has 0 aliphatic heterocycles. The zero-order chi connectivity index (χ0) is 36.3. The third-order valence-electron chi connectivity index (χ3n) is 7.69. The lowest BCUT2D eigenvalue weighted by atomic mass is 9.79. The number of amides is 2. The maximum atomic E-state index is 14.6. The van der Waals surface area contributed by atoms with Crippen LogP contribution < -0.4 is 15.0 Å². The number of aliphatic imine (C=N–C) groups is 1. The number of allylic oxidation sites excluding steroid dienone is 1. The van der Waals surface area contributed by atoms with Crippen molar-refractivity contribution in [2.45, 2.75) is 90.3 Å². The molecule has 0 unspecified atom stereocenters. The van der Waals surface area contributed by atoms with E-state index in [2.05, 4.69) is 21.6 Å². The SMILES string of the molecule is C=CN=C(/C=C\CCl)[C@@](Cc1ccccc1)(NC(=O)N(c1ccccc1)C1CCCCC1)c1cccc(OC(F)(F)C(F)F)c1.CC.CC. The number of carbonyl (C=O) groups excluding carboxylic acids is 1. The van der Waals surface area contributed by atoms with Crippen LogP contribution in [0.1, 0.15) is 70.9 Å². The van der Waals surface area contributed by atoms with Crippen molar-refractivity contribution >= 4 is 29.0 Å². The molecular weight excluding hydrogens is 654 g/mol. The quantitative estimate of drug-likeness (QED) is 0.110. The van der Waals surface area contributed by atoms with E-state index in [1.165, 1.54) is 18.3 Å². The maximum absolute atomic E-state index is 14.6. The molecule has 0 bridgehead atoms. The van der Waals surface area contributed by atoms with E-state index in [4.69, 9.17) is 11.6 Å². The largest absolute Gasteiger partial charge is 0.461 e. The summed E-state index contributed by atoms with van der Waals surface area (Å²) in [6.45, 7) is 11.8. The minimum Gasteiger partial charge on any atom is -0.428 e. The van der Waals surface area contributed by atoms with E-state index in [1.807, 2.05) is 88.4 Å². The normalized spacial score (nSPS) is 14.9. The van der Waals surface area contributed by atoms with Crippen LogP contribution in [0.4, 0.5) is 28.0 Å². The van der Waals surface area contributed by atoms with Gasteiger partial charge in [-0.1, -0.05) is 120 Å². The number of alkyl halides is 5. The van der Waals surface area contributed by atoms with Crippen molar-refractivity contribution in [3.63, 3.8) is 0 Å². The smallest absolute Gasteiger partial charge is 0.428 e. The summed E-state index contributed by atoms with van der Waals surface area (Å²) < 4.78 is 58.8. The standard InChI is InChI=1S/C35H36ClF4N3O2.2C2H6/c1-2-41-31(22-13-23-36)34(25-26-14-6-3-7-15-26,27-16-12-21-30(24-27)45-35(39,40)32(37)38)42-33(44)43(28-17-8-4-9-18-28)29-19-10-5-11-20-29;2*1-2/h2-4,6-9,12-18,21-22,24,29,32H,1,5,10-11,19-20,23,25H2,(H,42,44);2*1-2H3/b22-13-,41-31?;;/t34-;;/m0../s1. The van der Waals surface area contributed by atoms with Crippen LogP contribution in [0.25, 0.3) is 0 Å². The molecule has 1 atom stereocenters. The summed E-state index contributed by atoms with van der Waals surface area (Å²) in [5.74, 6) is -0.385. The number of hydrogen-bond donors (Lipinski definition) is 1. The summed E-state index contributed by atoms with van der Waals surface area (Å²) in [6, 6.07) is 23.4. The average molecular weight is 702 g/mol. The highest BCUT2D eigenvalue weighted by molar-refractivity contribution is 6.19. The lowest BCUT2D eigenvalue weighted by molar-refractivity contribution is -0.253. The summed E-state index contributed by atoms with van der Waals surface area (Å²) in [6.07, 6.45) is 0.533. The summed E-state index contributed by atoms with van der Waals surface area (Å²) in [7, 11) is 0. The minimum atomic E-state index is -4.73. The van der Waals surface area contributed by atoms with Crippen LogP contribution in [0.5, 0.6) is 5.75 Å². The summed E-state index contributed by atoms with van der Waals surface area (Å²) in [4.78, 5) is 20.9. The van der Waals surface area contributed by atoms with Gasteiger partial charge in [0.25, 0.3) is 0 Å². The molecule has 3 aromatic rings. The van der Waals surface area contributed by atoms with E-state index in [0.717, 1.165) is 43.7 Å². The predicted octanol–water partition coefficient (Wildman–Crippen LogP) is 11.3. The zero-order valence-corrected chi connectivity index (χ0v) is 29.5. The first-order valence-electron chi connectivity index (χ1n) is 16.8. The van der Waals surface area contributed by atoms with Gasteiger partial charge in [0.05, 0.1) is 5.71 Å². The van der Waals surface area contributed by atoms with Gasteiger partial charge < -0.3 is 10.1 Å². The Hall–Kier alpha value is -4.11.